The van der Waals surface area contributed by atoms with Crippen LogP contribution >= 0.6 is 0 Å². The Kier molecular flexibility index (Phi) is 3.79. The SMILES string of the molecule is COc1c(O)c(C)c(O)c2c1OCC(Cc1ccc3c(c1)OCO3)C2=O. The highest BCUT2D eigenvalue weighted by Gasteiger charge is 2.36. The van der Waals surface area contributed by atoms with E-state index in [1.807, 2.05) is 18.2 Å². The lowest BCUT2D eigenvalue weighted by molar-refractivity contribution is 0.0820. The standard InChI is InChI=1S/C19H18O7/c1-9-15(20)14-17(22)11(7-24-18(14)19(23-2)16(9)21)5-10-3-4-12-13(6-10)26-8-25-12/h3-4,6,11,20-21H,5,7-8H2,1-2H3. The molecule has 1 unspecified atom stereocenters. The van der Waals surface area contributed by atoms with Crippen molar-refractivity contribution in [1.29, 1.82) is 0 Å². The van der Waals surface area contributed by atoms with Crippen LogP contribution in [-0.4, -0.2) is 36.5 Å². The molecule has 0 amide bonds. The van der Waals surface area contributed by atoms with Crippen molar-refractivity contribution in [3.63, 3.8) is 0 Å². The fourth-order valence-corrected chi connectivity index (χ4v) is 3.32. The van der Waals surface area contributed by atoms with Crippen LogP contribution in [0.2, 0.25) is 0 Å². The van der Waals surface area contributed by atoms with E-state index in [1.165, 1.54) is 14.0 Å². The number of aromatic hydroxyl groups is 2. The average molecular weight is 358 g/mol. The van der Waals surface area contributed by atoms with E-state index in [2.05, 4.69) is 0 Å². The number of carbonyl (C=O) groups excluding carboxylic acids is 1. The van der Waals surface area contributed by atoms with Crippen molar-refractivity contribution in [1.82, 2.24) is 0 Å². The van der Waals surface area contributed by atoms with Gasteiger partial charge in [-0.2, -0.15) is 0 Å². The lowest BCUT2D eigenvalue weighted by Crippen LogP contribution is -2.30. The van der Waals surface area contributed by atoms with Crippen LogP contribution in [0.5, 0.6) is 34.5 Å². The van der Waals surface area contributed by atoms with Gasteiger partial charge in [-0.25, -0.2) is 0 Å². The molecule has 2 aromatic carbocycles. The van der Waals surface area contributed by atoms with Crippen LogP contribution in [0.3, 0.4) is 0 Å². The van der Waals surface area contributed by atoms with Crippen molar-refractivity contribution in [2.75, 3.05) is 20.5 Å². The number of fused-ring (bicyclic) bond motifs is 2. The zero-order chi connectivity index (χ0) is 18.4. The summed E-state index contributed by atoms with van der Waals surface area (Å²) in [6.07, 6.45) is 0.427. The molecule has 0 bridgehead atoms. The number of benzene rings is 2. The Balaban J connectivity index is 1.67. The molecule has 0 aliphatic carbocycles. The summed E-state index contributed by atoms with van der Waals surface area (Å²) in [6, 6.07) is 5.52. The molecule has 0 saturated heterocycles. The van der Waals surface area contributed by atoms with Gasteiger partial charge in [0.2, 0.25) is 12.5 Å². The topological polar surface area (TPSA) is 94.5 Å². The minimum absolute atomic E-state index is 0.0501. The number of carbonyl (C=O) groups is 1. The fraction of sp³-hybridized carbons (Fsp3) is 0.316. The van der Waals surface area contributed by atoms with E-state index in [-0.39, 0.29) is 53.3 Å². The van der Waals surface area contributed by atoms with Crippen molar-refractivity contribution in [2.45, 2.75) is 13.3 Å². The Morgan fingerprint density at radius 1 is 1.15 bits per heavy atom. The lowest BCUT2D eigenvalue weighted by Gasteiger charge is -2.27. The molecule has 0 radical (unpaired) electrons. The zero-order valence-electron chi connectivity index (χ0n) is 14.4. The van der Waals surface area contributed by atoms with Crippen molar-refractivity contribution in [3.05, 3.63) is 34.9 Å². The van der Waals surface area contributed by atoms with E-state index in [0.717, 1.165) is 5.56 Å². The fourth-order valence-electron chi connectivity index (χ4n) is 3.32. The number of phenolic OH excluding ortho intramolecular Hbond substituents is 2. The molecule has 26 heavy (non-hydrogen) atoms. The highest BCUT2D eigenvalue weighted by Crippen LogP contribution is 2.50. The third kappa shape index (κ3) is 2.39. The maximum Gasteiger partial charge on any atom is 0.231 e. The van der Waals surface area contributed by atoms with Crippen LogP contribution in [0.25, 0.3) is 0 Å². The summed E-state index contributed by atoms with van der Waals surface area (Å²) in [5.41, 5.74) is 1.14. The highest BCUT2D eigenvalue weighted by molar-refractivity contribution is 6.05. The first-order valence-corrected chi connectivity index (χ1v) is 8.19. The van der Waals surface area contributed by atoms with Gasteiger partial charge in [-0.05, 0) is 31.0 Å². The first kappa shape index (κ1) is 16.4. The highest BCUT2D eigenvalue weighted by atomic mass is 16.7. The van der Waals surface area contributed by atoms with E-state index in [0.29, 0.717) is 17.9 Å². The van der Waals surface area contributed by atoms with Crippen LogP contribution < -0.4 is 18.9 Å². The van der Waals surface area contributed by atoms with E-state index in [1.54, 1.807) is 0 Å². The summed E-state index contributed by atoms with van der Waals surface area (Å²) < 4.78 is 21.5. The van der Waals surface area contributed by atoms with E-state index < -0.39 is 5.92 Å². The molecule has 0 saturated carbocycles. The molecule has 2 aromatic rings. The number of Topliss-reactive ketones (excluding diaryl/α,β-unsaturated/α-hetero) is 1. The quantitative estimate of drug-likeness (QED) is 0.871. The molecule has 2 N–H and O–H groups in total. The van der Waals surface area contributed by atoms with Gasteiger partial charge in [0, 0.05) is 5.56 Å². The smallest absolute Gasteiger partial charge is 0.231 e. The predicted octanol–water partition coefficient (Wildman–Crippen LogP) is 2.58. The van der Waals surface area contributed by atoms with E-state index in [9.17, 15) is 15.0 Å². The number of hydrogen-bond acceptors (Lipinski definition) is 7. The maximum absolute atomic E-state index is 13.0. The molecule has 7 nitrogen and oxygen atoms in total. The van der Waals surface area contributed by atoms with Gasteiger partial charge in [0.15, 0.2) is 28.8 Å². The Bertz CT molecular complexity index is 903. The Labute approximate surface area is 149 Å². The summed E-state index contributed by atoms with van der Waals surface area (Å²) in [6.45, 7) is 1.83. The van der Waals surface area contributed by atoms with Gasteiger partial charge in [0.25, 0.3) is 0 Å². The summed E-state index contributed by atoms with van der Waals surface area (Å²) in [7, 11) is 1.37. The molecule has 0 fully saturated rings. The first-order valence-electron chi connectivity index (χ1n) is 8.19. The van der Waals surface area contributed by atoms with Crippen LogP contribution in [0.4, 0.5) is 0 Å². The lowest BCUT2D eigenvalue weighted by atomic mass is 9.87. The molecule has 0 spiro atoms. The predicted molar refractivity (Wildman–Crippen MR) is 90.6 cm³/mol. The second kappa shape index (κ2) is 6.01. The first-order chi connectivity index (χ1) is 12.5. The normalized spacial score (nSPS) is 17.6. The molecular formula is C19H18O7. The van der Waals surface area contributed by atoms with E-state index >= 15 is 0 Å². The van der Waals surface area contributed by atoms with Gasteiger partial charge in [-0.3, -0.25) is 4.79 Å². The third-order valence-electron chi connectivity index (χ3n) is 4.76. The Hall–Kier alpha value is -3.09. The summed E-state index contributed by atoms with van der Waals surface area (Å²) in [5, 5.41) is 20.5. The Morgan fingerprint density at radius 2 is 1.92 bits per heavy atom. The number of rotatable bonds is 3. The molecule has 2 aliphatic rings. The molecular weight excluding hydrogens is 340 g/mol. The van der Waals surface area contributed by atoms with Crippen LogP contribution in [0, 0.1) is 12.8 Å². The van der Waals surface area contributed by atoms with Gasteiger partial charge >= 0.3 is 0 Å². The number of phenols is 2. The number of methoxy groups -OCH3 is 1. The molecule has 0 aromatic heterocycles. The van der Waals surface area contributed by atoms with Crippen LogP contribution in [0.1, 0.15) is 21.5 Å². The zero-order valence-corrected chi connectivity index (χ0v) is 14.4. The summed E-state index contributed by atoms with van der Waals surface area (Å²) in [4.78, 5) is 13.0. The van der Waals surface area contributed by atoms with Gasteiger partial charge in [-0.1, -0.05) is 6.07 Å². The largest absolute Gasteiger partial charge is 0.507 e. The monoisotopic (exact) mass is 358 g/mol. The number of ketones is 1. The van der Waals surface area contributed by atoms with E-state index in [4.69, 9.17) is 18.9 Å². The minimum Gasteiger partial charge on any atom is -0.507 e. The van der Waals surface area contributed by atoms with Gasteiger partial charge < -0.3 is 29.2 Å². The molecule has 1 atom stereocenters. The molecule has 2 heterocycles. The number of hydrogen-bond donors (Lipinski definition) is 2. The number of ether oxygens (including phenoxy) is 4. The van der Waals surface area contributed by atoms with Gasteiger partial charge in [0.05, 0.1) is 19.6 Å². The Morgan fingerprint density at radius 3 is 2.69 bits per heavy atom. The van der Waals surface area contributed by atoms with Crippen molar-refractivity contribution in [2.24, 2.45) is 5.92 Å². The van der Waals surface area contributed by atoms with Gasteiger partial charge in [0.1, 0.15) is 11.3 Å². The van der Waals surface area contributed by atoms with Crippen molar-refractivity contribution >= 4 is 5.78 Å². The van der Waals surface area contributed by atoms with Crippen LogP contribution in [0.15, 0.2) is 18.2 Å². The summed E-state index contributed by atoms with van der Waals surface area (Å²) in [5.74, 6) is 0.246. The molecule has 4 rings (SSSR count). The van der Waals surface area contributed by atoms with Crippen LogP contribution in [-0.2, 0) is 6.42 Å². The second-order valence-electron chi connectivity index (χ2n) is 6.32. The average Bonchev–Trinajstić information content (AvgIpc) is 3.10. The minimum atomic E-state index is -0.470. The molecule has 7 heteroatoms. The molecule has 136 valence electrons. The third-order valence-corrected chi connectivity index (χ3v) is 4.76. The van der Waals surface area contributed by atoms with Gasteiger partial charge in [-0.15, -0.1) is 0 Å². The summed E-state index contributed by atoms with van der Waals surface area (Å²) >= 11 is 0. The molecule has 2 aliphatic heterocycles. The maximum atomic E-state index is 13.0. The van der Waals surface area contributed by atoms with Crippen molar-refractivity contribution in [3.8, 4) is 34.5 Å². The second-order valence-corrected chi connectivity index (χ2v) is 6.32. The van der Waals surface area contributed by atoms with Crippen molar-refractivity contribution < 1.29 is 34.0 Å².